The van der Waals surface area contributed by atoms with E-state index in [4.69, 9.17) is 17.3 Å². The van der Waals surface area contributed by atoms with Crippen LogP contribution in [0.15, 0.2) is 24.4 Å². The number of hydrogen-bond acceptors (Lipinski definition) is 1. The highest BCUT2D eigenvalue weighted by molar-refractivity contribution is 6.31. The van der Waals surface area contributed by atoms with Gasteiger partial charge in [0.25, 0.3) is 0 Å². The maximum Gasteiger partial charge on any atom is 0.0458 e. The first-order valence-corrected chi connectivity index (χ1v) is 5.12. The molecule has 0 saturated heterocycles. The summed E-state index contributed by atoms with van der Waals surface area (Å²) in [5.74, 6) is 0. The summed E-state index contributed by atoms with van der Waals surface area (Å²) in [4.78, 5) is 3.19. The SMILES string of the molecule is CCC(N)c1c[nH]c2ccc(Cl)cc12. The maximum atomic E-state index is 5.99. The Hall–Kier alpha value is -0.990. The Morgan fingerprint density at radius 1 is 1.50 bits per heavy atom. The molecular weight excluding hydrogens is 196 g/mol. The molecule has 3 N–H and O–H groups in total. The molecule has 1 heterocycles. The Kier molecular flexibility index (Phi) is 2.48. The van der Waals surface area contributed by atoms with Crippen LogP contribution in [-0.4, -0.2) is 4.98 Å². The van der Waals surface area contributed by atoms with Gasteiger partial charge in [0.15, 0.2) is 0 Å². The Morgan fingerprint density at radius 3 is 3.00 bits per heavy atom. The molecule has 0 saturated carbocycles. The smallest absolute Gasteiger partial charge is 0.0458 e. The van der Waals surface area contributed by atoms with Crippen molar-refractivity contribution in [3.8, 4) is 0 Å². The van der Waals surface area contributed by atoms with Gasteiger partial charge < -0.3 is 10.7 Å². The lowest BCUT2D eigenvalue weighted by Gasteiger charge is -2.06. The summed E-state index contributed by atoms with van der Waals surface area (Å²) in [5.41, 5.74) is 8.23. The highest BCUT2D eigenvalue weighted by atomic mass is 35.5. The Morgan fingerprint density at radius 2 is 2.29 bits per heavy atom. The molecule has 1 atom stereocenters. The molecule has 14 heavy (non-hydrogen) atoms. The summed E-state index contributed by atoms with van der Waals surface area (Å²) in [6.45, 7) is 2.08. The van der Waals surface area contributed by atoms with Gasteiger partial charge in [-0.1, -0.05) is 18.5 Å². The average Bonchev–Trinajstić information content (AvgIpc) is 2.59. The first-order chi connectivity index (χ1) is 6.72. The summed E-state index contributed by atoms with van der Waals surface area (Å²) in [6, 6.07) is 5.89. The Bertz CT molecular complexity index is 447. The van der Waals surface area contributed by atoms with E-state index in [1.54, 1.807) is 0 Å². The van der Waals surface area contributed by atoms with Crippen LogP contribution in [0.4, 0.5) is 0 Å². The summed E-state index contributed by atoms with van der Waals surface area (Å²) >= 11 is 5.94. The summed E-state index contributed by atoms with van der Waals surface area (Å²) in [6.07, 6.45) is 2.90. The van der Waals surface area contributed by atoms with Gasteiger partial charge in [-0.15, -0.1) is 0 Å². The fraction of sp³-hybridized carbons (Fsp3) is 0.273. The zero-order valence-corrected chi connectivity index (χ0v) is 8.81. The molecule has 2 nitrogen and oxygen atoms in total. The van der Waals surface area contributed by atoms with Crippen molar-refractivity contribution < 1.29 is 0 Å². The lowest BCUT2D eigenvalue weighted by molar-refractivity contribution is 0.704. The van der Waals surface area contributed by atoms with Gasteiger partial charge in [-0.3, -0.25) is 0 Å². The third-order valence-electron chi connectivity index (χ3n) is 2.52. The standard InChI is InChI=1S/C11H13ClN2/c1-2-10(13)9-6-14-11-4-3-7(12)5-8(9)11/h3-6,10,14H,2,13H2,1H3. The second kappa shape index (κ2) is 3.64. The molecule has 2 rings (SSSR count). The van der Waals surface area contributed by atoms with Gasteiger partial charge in [0, 0.05) is 28.2 Å². The second-order valence-corrected chi connectivity index (χ2v) is 3.89. The molecule has 2 aromatic rings. The molecule has 0 spiro atoms. The molecule has 0 amide bonds. The zero-order chi connectivity index (χ0) is 10.1. The maximum absolute atomic E-state index is 5.99. The first-order valence-electron chi connectivity index (χ1n) is 4.74. The number of fused-ring (bicyclic) bond motifs is 1. The highest BCUT2D eigenvalue weighted by Gasteiger charge is 2.09. The van der Waals surface area contributed by atoms with E-state index in [1.165, 1.54) is 0 Å². The van der Waals surface area contributed by atoms with Crippen LogP contribution in [0.25, 0.3) is 10.9 Å². The third-order valence-corrected chi connectivity index (χ3v) is 2.75. The molecule has 0 aliphatic heterocycles. The fourth-order valence-electron chi connectivity index (χ4n) is 1.64. The second-order valence-electron chi connectivity index (χ2n) is 3.45. The third kappa shape index (κ3) is 1.51. The predicted molar refractivity (Wildman–Crippen MR) is 60.5 cm³/mol. The van der Waals surface area contributed by atoms with E-state index in [9.17, 15) is 0 Å². The number of hydrogen-bond donors (Lipinski definition) is 2. The normalized spacial score (nSPS) is 13.4. The molecule has 0 fully saturated rings. The molecule has 0 aliphatic rings. The van der Waals surface area contributed by atoms with Crippen molar-refractivity contribution >= 4 is 22.5 Å². The molecule has 0 radical (unpaired) electrons. The zero-order valence-electron chi connectivity index (χ0n) is 8.05. The van der Waals surface area contributed by atoms with Gasteiger partial charge in [-0.25, -0.2) is 0 Å². The van der Waals surface area contributed by atoms with Crippen molar-refractivity contribution in [2.24, 2.45) is 5.73 Å². The predicted octanol–water partition coefficient (Wildman–Crippen LogP) is 3.23. The number of benzene rings is 1. The molecule has 0 bridgehead atoms. The molecule has 1 aromatic heterocycles. The first kappa shape index (κ1) is 9.56. The minimum atomic E-state index is 0.0854. The van der Waals surface area contributed by atoms with Crippen molar-refractivity contribution in [3.63, 3.8) is 0 Å². The lowest BCUT2D eigenvalue weighted by Crippen LogP contribution is -2.07. The van der Waals surface area contributed by atoms with Gasteiger partial charge in [0.2, 0.25) is 0 Å². The van der Waals surface area contributed by atoms with Gasteiger partial charge >= 0.3 is 0 Å². The Labute approximate surface area is 88.1 Å². The fourth-order valence-corrected chi connectivity index (χ4v) is 1.81. The molecule has 3 heteroatoms. The van der Waals surface area contributed by atoms with E-state index in [-0.39, 0.29) is 6.04 Å². The van der Waals surface area contributed by atoms with Crippen LogP contribution in [0.2, 0.25) is 5.02 Å². The number of aromatic nitrogens is 1. The van der Waals surface area contributed by atoms with Crippen molar-refractivity contribution in [1.82, 2.24) is 4.98 Å². The van der Waals surface area contributed by atoms with E-state index >= 15 is 0 Å². The van der Waals surface area contributed by atoms with E-state index in [0.717, 1.165) is 27.9 Å². The van der Waals surface area contributed by atoms with Crippen molar-refractivity contribution in [2.75, 3.05) is 0 Å². The molecular formula is C11H13ClN2. The number of rotatable bonds is 2. The summed E-state index contributed by atoms with van der Waals surface area (Å²) in [7, 11) is 0. The lowest BCUT2D eigenvalue weighted by atomic mass is 10.0. The van der Waals surface area contributed by atoms with E-state index < -0.39 is 0 Å². The van der Waals surface area contributed by atoms with Gasteiger partial charge in [0.1, 0.15) is 0 Å². The number of H-pyrrole nitrogens is 1. The topological polar surface area (TPSA) is 41.8 Å². The monoisotopic (exact) mass is 208 g/mol. The van der Waals surface area contributed by atoms with Crippen LogP contribution in [0.5, 0.6) is 0 Å². The summed E-state index contributed by atoms with van der Waals surface area (Å²) < 4.78 is 0. The van der Waals surface area contributed by atoms with Gasteiger partial charge in [0.05, 0.1) is 0 Å². The molecule has 0 aliphatic carbocycles. The van der Waals surface area contributed by atoms with Crippen molar-refractivity contribution in [2.45, 2.75) is 19.4 Å². The molecule has 74 valence electrons. The van der Waals surface area contributed by atoms with E-state index in [1.807, 2.05) is 24.4 Å². The molecule has 1 unspecified atom stereocenters. The van der Waals surface area contributed by atoms with E-state index in [0.29, 0.717) is 0 Å². The van der Waals surface area contributed by atoms with E-state index in [2.05, 4.69) is 11.9 Å². The highest BCUT2D eigenvalue weighted by Crippen LogP contribution is 2.26. The quantitative estimate of drug-likeness (QED) is 0.782. The van der Waals surface area contributed by atoms with Gasteiger partial charge in [-0.05, 0) is 30.2 Å². The van der Waals surface area contributed by atoms with Crippen LogP contribution in [0.1, 0.15) is 24.9 Å². The molecule has 1 aromatic carbocycles. The van der Waals surface area contributed by atoms with Crippen molar-refractivity contribution in [1.29, 1.82) is 0 Å². The number of nitrogens with one attached hydrogen (secondary N) is 1. The summed E-state index contributed by atoms with van der Waals surface area (Å²) in [5, 5.41) is 1.88. The minimum Gasteiger partial charge on any atom is -0.361 e. The van der Waals surface area contributed by atoms with Crippen LogP contribution in [-0.2, 0) is 0 Å². The van der Waals surface area contributed by atoms with Crippen LogP contribution in [0, 0.1) is 0 Å². The average molecular weight is 209 g/mol. The van der Waals surface area contributed by atoms with Crippen molar-refractivity contribution in [3.05, 3.63) is 35.0 Å². The largest absolute Gasteiger partial charge is 0.361 e. The minimum absolute atomic E-state index is 0.0854. The van der Waals surface area contributed by atoms with Crippen LogP contribution >= 0.6 is 11.6 Å². The number of nitrogens with two attached hydrogens (primary N) is 1. The van der Waals surface area contributed by atoms with Gasteiger partial charge in [-0.2, -0.15) is 0 Å². The van der Waals surface area contributed by atoms with Crippen LogP contribution < -0.4 is 5.73 Å². The number of aromatic amines is 1. The van der Waals surface area contributed by atoms with Crippen LogP contribution in [0.3, 0.4) is 0 Å². The Balaban J connectivity index is 2.61. The number of halogens is 1.